The molecule has 0 aliphatic rings. The van der Waals surface area contributed by atoms with Crippen LogP contribution in [0.2, 0.25) is 0 Å². The summed E-state index contributed by atoms with van der Waals surface area (Å²) in [5, 5.41) is 18.4. The summed E-state index contributed by atoms with van der Waals surface area (Å²) in [6, 6.07) is 0. The highest BCUT2D eigenvalue weighted by atomic mass is 32.2. The van der Waals surface area contributed by atoms with Gasteiger partial charge in [0.1, 0.15) is 0 Å². The van der Waals surface area contributed by atoms with Crippen LogP contribution in [0, 0.1) is 0 Å². The third-order valence-corrected chi connectivity index (χ3v) is 3.20. The molecule has 2 N–H and O–H groups in total. The highest BCUT2D eigenvalue weighted by Gasteiger charge is 2.13. The number of hydrogen-bond acceptors (Lipinski definition) is 5. The molecule has 4 nitrogen and oxygen atoms in total. The minimum absolute atomic E-state index is 0.0483. The minimum atomic E-state index is -0.657. The summed E-state index contributed by atoms with van der Waals surface area (Å²) in [6.45, 7) is 4.22. The van der Waals surface area contributed by atoms with Crippen LogP contribution in [0.1, 0.15) is 26.7 Å². The van der Waals surface area contributed by atoms with Gasteiger partial charge in [0, 0.05) is 17.6 Å². The van der Waals surface area contributed by atoms with E-state index >= 15 is 0 Å². The molecule has 2 atom stereocenters. The molecule has 0 aliphatic heterocycles. The SMILES string of the molecule is CCOC(=O)CC(O)CSC(C)CCO. The van der Waals surface area contributed by atoms with Crippen molar-refractivity contribution in [1.29, 1.82) is 0 Å². The first-order valence-corrected chi connectivity index (χ1v) is 6.21. The molecule has 0 aromatic heterocycles. The van der Waals surface area contributed by atoms with Gasteiger partial charge in [0.2, 0.25) is 0 Å². The highest BCUT2D eigenvalue weighted by molar-refractivity contribution is 7.99. The molecule has 0 heterocycles. The lowest BCUT2D eigenvalue weighted by Crippen LogP contribution is -2.19. The van der Waals surface area contributed by atoms with E-state index in [-0.39, 0.29) is 19.0 Å². The topological polar surface area (TPSA) is 66.8 Å². The van der Waals surface area contributed by atoms with Gasteiger partial charge < -0.3 is 14.9 Å². The van der Waals surface area contributed by atoms with E-state index in [0.717, 1.165) is 0 Å². The average Bonchev–Trinajstić information content (AvgIpc) is 2.15. The lowest BCUT2D eigenvalue weighted by atomic mass is 10.3. The van der Waals surface area contributed by atoms with Crippen LogP contribution >= 0.6 is 11.8 Å². The van der Waals surface area contributed by atoms with Gasteiger partial charge in [0.15, 0.2) is 0 Å². The Labute approximate surface area is 95.0 Å². The van der Waals surface area contributed by atoms with Crippen molar-refractivity contribution in [3.63, 3.8) is 0 Å². The zero-order valence-electron chi connectivity index (χ0n) is 9.31. The molecule has 0 fully saturated rings. The maximum absolute atomic E-state index is 11.0. The maximum atomic E-state index is 11.0. The standard InChI is InChI=1S/C10H20O4S/c1-3-14-10(13)6-9(12)7-15-8(2)4-5-11/h8-9,11-12H,3-7H2,1-2H3. The fraction of sp³-hybridized carbons (Fsp3) is 0.900. The summed E-state index contributed by atoms with van der Waals surface area (Å²) in [6.07, 6.45) is 0.0962. The number of rotatable bonds is 8. The first-order chi connectivity index (χ1) is 7.10. The van der Waals surface area contributed by atoms with Crippen molar-refractivity contribution in [2.45, 2.75) is 38.0 Å². The normalized spacial score (nSPS) is 14.7. The molecule has 0 aliphatic carbocycles. The van der Waals surface area contributed by atoms with E-state index in [0.29, 0.717) is 24.0 Å². The number of hydrogen-bond donors (Lipinski definition) is 2. The van der Waals surface area contributed by atoms with Gasteiger partial charge in [-0.2, -0.15) is 11.8 Å². The maximum Gasteiger partial charge on any atom is 0.308 e. The molecule has 2 unspecified atom stereocenters. The largest absolute Gasteiger partial charge is 0.466 e. The van der Waals surface area contributed by atoms with Crippen molar-refractivity contribution in [1.82, 2.24) is 0 Å². The molecule has 0 radical (unpaired) electrons. The number of carbonyl (C=O) groups is 1. The third-order valence-electron chi connectivity index (χ3n) is 1.82. The predicted molar refractivity (Wildman–Crippen MR) is 60.9 cm³/mol. The lowest BCUT2D eigenvalue weighted by molar-refractivity contribution is -0.144. The Morgan fingerprint density at radius 3 is 2.73 bits per heavy atom. The fourth-order valence-electron chi connectivity index (χ4n) is 1.01. The Hall–Kier alpha value is -0.260. The number of ether oxygens (including phenoxy) is 1. The number of aliphatic hydroxyl groups is 2. The van der Waals surface area contributed by atoms with Gasteiger partial charge in [0.25, 0.3) is 0 Å². The van der Waals surface area contributed by atoms with Gasteiger partial charge in [-0.1, -0.05) is 6.92 Å². The first-order valence-electron chi connectivity index (χ1n) is 5.16. The Bertz CT molecular complexity index is 175. The van der Waals surface area contributed by atoms with E-state index < -0.39 is 6.10 Å². The quantitative estimate of drug-likeness (QED) is 0.610. The van der Waals surface area contributed by atoms with Gasteiger partial charge in [-0.15, -0.1) is 0 Å². The number of thioether (sulfide) groups is 1. The summed E-state index contributed by atoms with van der Waals surface area (Å²) in [7, 11) is 0. The van der Waals surface area contributed by atoms with Crippen LogP contribution in [0.3, 0.4) is 0 Å². The Balaban J connectivity index is 3.56. The third kappa shape index (κ3) is 8.72. The molecule has 0 saturated carbocycles. The zero-order valence-corrected chi connectivity index (χ0v) is 10.1. The van der Waals surface area contributed by atoms with E-state index in [1.807, 2.05) is 6.92 Å². The number of esters is 1. The molecule has 0 aromatic rings. The van der Waals surface area contributed by atoms with Gasteiger partial charge in [0.05, 0.1) is 19.1 Å². The molecule has 0 amide bonds. The van der Waals surface area contributed by atoms with E-state index in [1.165, 1.54) is 0 Å². The van der Waals surface area contributed by atoms with Gasteiger partial charge in [-0.05, 0) is 13.3 Å². The van der Waals surface area contributed by atoms with E-state index in [9.17, 15) is 9.90 Å². The number of carbonyl (C=O) groups excluding carboxylic acids is 1. The summed E-state index contributed by atoms with van der Waals surface area (Å²) in [4.78, 5) is 11.0. The summed E-state index contributed by atoms with van der Waals surface area (Å²) < 4.78 is 4.72. The van der Waals surface area contributed by atoms with Crippen LogP contribution in [0.25, 0.3) is 0 Å². The van der Waals surface area contributed by atoms with Crippen molar-refractivity contribution < 1.29 is 19.7 Å². The van der Waals surface area contributed by atoms with Gasteiger partial charge >= 0.3 is 5.97 Å². The molecule has 0 saturated heterocycles. The molecular formula is C10H20O4S. The van der Waals surface area contributed by atoms with Crippen LogP contribution in [-0.4, -0.2) is 46.5 Å². The second kappa shape index (κ2) is 9.00. The summed E-state index contributed by atoms with van der Waals surface area (Å²) in [5.74, 6) is 0.139. The molecule has 5 heteroatoms. The predicted octanol–water partition coefficient (Wildman–Crippen LogP) is 0.805. The molecule has 0 aromatic carbocycles. The van der Waals surface area contributed by atoms with Crippen LogP contribution in [-0.2, 0) is 9.53 Å². The van der Waals surface area contributed by atoms with Crippen LogP contribution in [0.5, 0.6) is 0 Å². The number of aliphatic hydroxyl groups excluding tert-OH is 2. The van der Waals surface area contributed by atoms with E-state index in [2.05, 4.69) is 0 Å². The van der Waals surface area contributed by atoms with Crippen molar-refractivity contribution in [3.8, 4) is 0 Å². The van der Waals surface area contributed by atoms with Crippen LogP contribution < -0.4 is 0 Å². The lowest BCUT2D eigenvalue weighted by Gasteiger charge is -2.13. The Morgan fingerprint density at radius 1 is 1.53 bits per heavy atom. The minimum Gasteiger partial charge on any atom is -0.466 e. The fourth-order valence-corrected chi connectivity index (χ4v) is 1.95. The molecular weight excluding hydrogens is 216 g/mol. The molecule has 90 valence electrons. The molecule has 0 spiro atoms. The van der Waals surface area contributed by atoms with Gasteiger partial charge in [-0.3, -0.25) is 4.79 Å². The second-order valence-corrected chi connectivity index (χ2v) is 4.79. The summed E-state index contributed by atoms with van der Waals surface area (Å²) in [5.41, 5.74) is 0. The molecule has 0 bridgehead atoms. The van der Waals surface area contributed by atoms with Crippen molar-refractivity contribution in [2.24, 2.45) is 0 Å². The van der Waals surface area contributed by atoms with E-state index in [4.69, 9.17) is 9.84 Å². The second-order valence-electron chi connectivity index (χ2n) is 3.32. The molecule has 0 rings (SSSR count). The monoisotopic (exact) mass is 236 g/mol. The first kappa shape index (κ1) is 14.7. The average molecular weight is 236 g/mol. The Morgan fingerprint density at radius 2 is 2.20 bits per heavy atom. The van der Waals surface area contributed by atoms with Crippen molar-refractivity contribution in [3.05, 3.63) is 0 Å². The molecule has 15 heavy (non-hydrogen) atoms. The smallest absolute Gasteiger partial charge is 0.308 e. The Kier molecular flexibility index (Phi) is 8.85. The van der Waals surface area contributed by atoms with Crippen molar-refractivity contribution >= 4 is 17.7 Å². The van der Waals surface area contributed by atoms with Crippen LogP contribution in [0.4, 0.5) is 0 Å². The van der Waals surface area contributed by atoms with Crippen LogP contribution in [0.15, 0.2) is 0 Å². The van der Waals surface area contributed by atoms with Gasteiger partial charge in [-0.25, -0.2) is 0 Å². The van der Waals surface area contributed by atoms with Crippen molar-refractivity contribution in [2.75, 3.05) is 19.0 Å². The van der Waals surface area contributed by atoms with E-state index in [1.54, 1.807) is 18.7 Å². The zero-order chi connectivity index (χ0) is 11.7. The summed E-state index contributed by atoms with van der Waals surface area (Å²) >= 11 is 1.55. The highest BCUT2D eigenvalue weighted by Crippen LogP contribution is 2.15.